The third-order valence-corrected chi connectivity index (χ3v) is 6.52. The summed E-state index contributed by atoms with van der Waals surface area (Å²) in [4.78, 5) is 22.2. The van der Waals surface area contributed by atoms with E-state index >= 15 is 0 Å². The van der Waals surface area contributed by atoms with Crippen LogP contribution in [-0.4, -0.2) is 64.1 Å². The number of carbonyl (C=O) groups is 1. The van der Waals surface area contributed by atoms with E-state index in [-0.39, 0.29) is 5.78 Å². The molecule has 8 nitrogen and oxygen atoms in total. The van der Waals surface area contributed by atoms with Gasteiger partial charge >= 0.3 is 0 Å². The first-order chi connectivity index (χ1) is 17.1. The fourth-order valence-electron chi connectivity index (χ4n) is 4.52. The number of hydrogen-bond acceptors (Lipinski definition) is 8. The first-order valence-corrected chi connectivity index (χ1v) is 12.0. The molecule has 2 aromatic carbocycles. The van der Waals surface area contributed by atoms with Gasteiger partial charge in [0, 0.05) is 54.9 Å². The quantitative estimate of drug-likeness (QED) is 0.644. The molecule has 3 N–H and O–H groups in total. The van der Waals surface area contributed by atoms with Gasteiger partial charge in [-0.15, -0.1) is 0 Å². The van der Waals surface area contributed by atoms with E-state index < -0.39 is 0 Å². The molecule has 2 fully saturated rings. The number of nitrogens with one attached hydrogen (secondary N) is 1. The molecule has 2 aromatic rings. The molecule has 0 spiro atoms. The van der Waals surface area contributed by atoms with Crippen LogP contribution in [0.5, 0.6) is 0 Å². The van der Waals surface area contributed by atoms with Gasteiger partial charge < -0.3 is 30.3 Å². The number of rotatable bonds is 5. The fraction of sp³-hybridized carbons (Fsp3) is 0.333. The summed E-state index contributed by atoms with van der Waals surface area (Å²) in [6, 6.07) is 16.2. The first-order valence-electron chi connectivity index (χ1n) is 12.0. The van der Waals surface area contributed by atoms with E-state index in [9.17, 15) is 4.79 Å². The number of benzene rings is 2. The normalized spacial score (nSPS) is 20.3. The first kappa shape index (κ1) is 23.1. The Hall–Kier alpha value is -3.62. The molecule has 1 aliphatic carbocycles. The highest BCUT2D eigenvalue weighted by Gasteiger charge is 2.23. The van der Waals surface area contributed by atoms with Crippen LogP contribution in [-0.2, 0) is 14.3 Å². The molecule has 0 unspecified atom stereocenters. The summed E-state index contributed by atoms with van der Waals surface area (Å²) >= 11 is 0. The number of aliphatic imine (C=N–C) groups is 1. The third kappa shape index (κ3) is 5.23. The van der Waals surface area contributed by atoms with Crippen LogP contribution in [0.15, 0.2) is 76.6 Å². The zero-order valence-electron chi connectivity index (χ0n) is 20.0. The minimum Gasteiger partial charge on any atom is -0.397 e. The van der Waals surface area contributed by atoms with E-state index in [0.29, 0.717) is 17.1 Å². The van der Waals surface area contributed by atoms with Gasteiger partial charge in [-0.05, 0) is 55.5 Å². The molecule has 0 bridgehead atoms. The van der Waals surface area contributed by atoms with Gasteiger partial charge in [-0.25, -0.2) is 4.99 Å². The Kier molecular flexibility index (Phi) is 6.83. The van der Waals surface area contributed by atoms with Crippen LogP contribution < -0.4 is 20.9 Å². The third-order valence-electron chi connectivity index (χ3n) is 6.52. The highest BCUT2D eigenvalue weighted by molar-refractivity contribution is 6.25. The average molecular weight is 474 g/mol. The molecule has 3 aliphatic rings. The van der Waals surface area contributed by atoms with E-state index in [1.165, 1.54) is 6.08 Å². The molecular weight excluding hydrogens is 442 g/mol. The maximum Gasteiger partial charge on any atom is 0.204 e. The van der Waals surface area contributed by atoms with Gasteiger partial charge in [0.05, 0.1) is 49.2 Å². The standard InChI is InChI=1S/C27H31N5O3/c1-19-26(29-20-2-6-22(7-3-20)31-10-14-34-15-11-31)24(28)18-25(33)27(19)30-21-4-8-23(9-5-21)32-12-16-35-17-13-32/h2-9,18,30H,10-17,28H2,1H3. The zero-order chi connectivity index (χ0) is 24.2. The molecule has 2 aliphatic heterocycles. The predicted octanol–water partition coefficient (Wildman–Crippen LogP) is 3.24. The molecule has 2 saturated heterocycles. The number of morpholine rings is 2. The highest BCUT2D eigenvalue weighted by atomic mass is 16.5. The Morgan fingerprint density at radius 3 is 1.89 bits per heavy atom. The van der Waals surface area contributed by atoms with Crippen molar-refractivity contribution >= 4 is 34.2 Å². The second-order valence-electron chi connectivity index (χ2n) is 8.81. The van der Waals surface area contributed by atoms with E-state index in [4.69, 9.17) is 20.2 Å². The monoisotopic (exact) mass is 473 g/mol. The van der Waals surface area contributed by atoms with Crippen molar-refractivity contribution in [2.45, 2.75) is 6.92 Å². The van der Waals surface area contributed by atoms with Crippen molar-refractivity contribution in [2.24, 2.45) is 10.7 Å². The molecule has 182 valence electrons. The number of nitrogens with two attached hydrogens (primary N) is 1. The number of ether oxygens (including phenoxy) is 2. The zero-order valence-corrected chi connectivity index (χ0v) is 20.0. The summed E-state index contributed by atoms with van der Waals surface area (Å²) in [7, 11) is 0. The van der Waals surface area contributed by atoms with Gasteiger partial charge in [-0.3, -0.25) is 4.79 Å². The summed E-state index contributed by atoms with van der Waals surface area (Å²) in [5.41, 5.74) is 12.3. The van der Waals surface area contributed by atoms with Crippen LogP contribution in [0.1, 0.15) is 6.92 Å². The molecule has 0 aromatic heterocycles. The van der Waals surface area contributed by atoms with Gasteiger partial charge in [0.1, 0.15) is 0 Å². The Labute approximate surface area is 205 Å². The summed E-state index contributed by atoms with van der Waals surface area (Å²) in [5, 5.41) is 3.29. The number of allylic oxidation sites excluding steroid dienone is 2. The Bertz CT molecular complexity index is 1160. The average Bonchev–Trinajstić information content (AvgIpc) is 2.91. The van der Waals surface area contributed by atoms with Crippen molar-refractivity contribution in [3.63, 3.8) is 0 Å². The number of carbonyl (C=O) groups excluding carboxylic acids is 1. The molecule has 0 atom stereocenters. The van der Waals surface area contributed by atoms with Gasteiger partial charge in [0.2, 0.25) is 5.78 Å². The lowest BCUT2D eigenvalue weighted by molar-refractivity contribution is -0.111. The fourth-order valence-corrected chi connectivity index (χ4v) is 4.52. The number of nitrogens with zero attached hydrogens (tertiary/aromatic N) is 3. The van der Waals surface area contributed by atoms with Crippen molar-refractivity contribution < 1.29 is 14.3 Å². The van der Waals surface area contributed by atoms with Gasteiger partial charge in [-0.1, -0.05) is 0 Å². The maximum atomic E-state index is 12.8. The molecule has 8 heteroatoms. The van der Waals surface area contributed by atoms with E-state index in [2.05, 4.69) is 39.4 Å². The van der Waals surface area contributed by atoms with Crippen molar-refractivity contribution in [1.29, 1.82) is 0 Å². The molecule has 0 saturated carbocycles. The number of hydrogen-bond donors (Lipinski definition) is 2. The molecule has 35 heavy (non-hydrogen) atoms. The molecule has 2 heterocycles. The molecular formula is C27H31N5O3. The number of anilines is 3. The lowest BCUT2D eigenvalue weighted by Gasteiger charge is -2.29. The predicted molar refractivity (Wildman–Crippen MR) is 140 cm³/mol. The van der Waals surface area contributed by atoms with Crippen LogP contribution in [0.25, 0.3) is 0 Å². The van der Waals surface area contributed by atoms with Gasteiger partial charge in [-0.2, -0.15) is 0 Å². The van der Waals surface area contributed by atoms with Crippen LogP contribution in [0.4, 0.5) is 22.7 Å². The van der Waals surface area contributed by atoms with Crippen molar-refractivity contribution in [3.8, 4) is 0 Å². The van der Waals surface area contributed by atoms with E-state index in [1.807, 2.05) is 31.2 Å². The van der Waals surface area contributed by atoms with Crippen LogP contribution in [0, 0.1) is 0 Å². The number of ketones is 1. The molecule has 5 rings (SSSR count). The van der Waals surface area contributed by atoms with Crippen LogP contribution in [0.3, 0.4) is 0 Å². The van der Waals surface area contributed by atoms with Crippen molar-refractivity contribution in [3.05, 3.63) is 71.6 Å². The smallest absolute Gasteiger partial charge is 0.204 e. The van der Waals surface area contributed by atoms with Gasteiger partial charge in [0.25, 0.3) is 0 Å². The second-order valence-corrected chi connectivity index (χ2v) is 8.81. The van der Waals surface area contributed by atoms with E-state index in [1.54, 1.807) is 0 Å². The summed E-state index contributed by atoms with van der Waals surface area (Å²) < 4.78 is 10.9. The summed E-state index contributed by atoms with van der Waals surface area (Å²) in [6.45, 7) is 8.39. The minimum atomic E-state index is -0.154. The Morgan fingerprint density at radius 1 is 0.829 bits per heavy atom. The van der Waals surface area contributed by atoms with Crippen molar-refractivity contribution in [1.82, 2.24) is 0 Å². The Balaban J connectivity index is 1.34. The largest absolute Gasteiger partial charge is 0.397 e. The maximum absolute atomic E-state index is 12.8. The van der Waals surface area contributed by atoms with Gasteiger partial charge in [0.15, 0.2) is 0 Å². The highest BCUT2D eigenvalue weighted by Crippen LogP contribution is 2.26. The van der Waals surface area contributed by atoms with Crippen LogP contribution >= 0.6 is 0 Å². The Morgan fingerprint density at radius 2 is 1.34 bits per heavy atom. The van der Waals surface area contributed by atoms with E-state index in [0.717, 1.165) is 80.9 Å². The lowest BCUT2D eigenvalue weighted by Crippen LogP contribution is -2.36. The SMILES string of the molecule is CC1=C(Nc2ccc(N3CCOCC3)cc2)C(=O)C=C(N)C1=Nc1ccc(N2CCOCC2)cc1. The second kappa shape index (κ2) is 10.3. The minimum absolute atomic E-state index is 0.154. The molecule has 0 amide bonds. The van der Waals surface area contributed by atoms with Crippen molar-refractivity contribution in [2.75, 3.05) is 67.7 Å². The topological polar surface area (TPSA) is 92.4 Å². The molecule has 0 radical (unpaired) electrons. The summed E-state index contributed by atoms with van der Waals surface area (Å²) in [5.74, 6) is -0.154. The lowest BCUT2D eigenvalue weighted by atomic mass is 9.97. The summed E-state index contributed by atoms with van der Waals surface area (Å²) in [6.07, 6.45) is 1.44. The van der Waals surface area contributed by atoms with Crippen LogP contribution in [0.2, 0.25) is 0 Å².